The summed E-state index contributed by atoms with van der Waals surface area (Å²) in [6.07, 6.45) is 0.364. The fraction of sp³-hybridized carbons (Fsp3) is 0.158. The number of carbonyl (C=O) groups is 2. The molecule has 3 aromatic rings. The van der Waals surface area contributed by atoms with Gasteiger partial charge in [0, 0.05) is 12.8 Å². The van der Waals surface area contributed by atoms with Crippen molar-refractivity contribution in [2.45, 2.75) is 12.8 Å². The first kappa shape index (κ1) is 18.6. The monoisotopic (exact) mass is 385 g/mol. The molecule has 1 aromatic heterocycles. The van der Waals surface area contributed by atoms with E-state index in [0.717, 1.165) is 0 Å². The van der Waals surface area contributed by atoms with Gasteiger partial charge in [-0.2, -0.15) is 0 Å². The Morgan fingerprint density at radius 1 is 1.11 bits per heavy atom. The number of aryl methyl sites for hydroxylation is 1. The molecule has 0 bridgehead atoms. The molecule has 0 aliphatic rings. The first-order valence-electron chi connectivity index (χ1n) is 8.13. The largest absolute Gasteiger partial charge is 0.465 e. The van der Waals surface area contributed by atoms with Crippen LogP contribution in [0, 0.1) is 0 Å². The Balaban J connectivity index is 1.62. The lowest BCUT2D eigenvalue weighted by Gasteiger charge is -2.08. The number of carbonyl (C=O) groups excluding carboxylic acids is 2. The van der Waals surface area contributed by atoms with E-state index in [0.29, 0.717) is 28.1 Å². The highest BCUT2D eigenvalue weighted by Crippen LogP contribution is 2.26. The maximum absolute atomic E-state index is 12.2. The van der Waals surface area contributed by atoms with Gasteiger partial charge in [0.1, 0.15) is 0 Å². The van der Waals surface area contributed by atoms with Crippen molar-refractivity contribution in [2.24, 2.45) is 0 Å². The molecule has 2 aromatic carbocycles. The quantitative estimate of drug-likeness (QED) is 0.649. The Bertz CT molecular complexity index is 971. The fourth-order valence-corrected chi connectivity index (χ4v) is 2.63. The number of amides is 1. The number of para-hydroxylation sites is 1. The minimum Gasteiger partial charge on any atom is -0.465 e. The molecule has 0 unspecified atom stereocenters. The van der Waals surface area contributed by atoms with Crippen LogP contribution in [0.4, 0.5) is 5.69 Å². The average molecular weight is 386 g/mol. The van der Waals surface area contributed by atoms with E-state index >= 15 is 0 Å². The zero-order chi connectivity index (χ0) is 19.2. The molecule has 8 heteroatoms. The van der Waals surface area contributed by atoms with E-state index in [2.05, 4.69) is 15.5 Å². The molecule has 1 N–H and O–H groups in total. The van der Waals surface area contributed by atoms with E-state index < -0.39 is 5.97 Å². The number of hydrogen-bond donors (Lipinski definition) is 1. The average Bonchev–Trinajstić information content (AvgIpc) is 3.15. The molecule has 0 fully saturated rings. The number of ether oxygens (including phenoxy) is 1. The number of rotatable bonds is 6. The number of esters is 1. The topological polar surface area (TPSA) is 94.3 Å². The highest BCUT2D eigenvalue weighted by molar-refractivity contribution is 6.33. The molecule has 0 atom stereocenters. The van der Waals surface area contributed by atoms with Gasteiger partial charge in [0.15, 0.2) is 0 Å². The van der Waals surface area contributed by atoms with Crippen LogP contribution < -0.4 is 5.32 Å². The second-order valence-electron chi connectivity index (χ2n) is 5.57. The molecule has 27 heavy (non-hydrogen) atoms. The molecule has 138 valence electrons. The number of aromatic nitrogens is 2. The third kappa shape index (κ3) is 4.51. The first-order valence-corrected chi connectivity index (χ1v) is 8.50. The molecular formula is C19H16ClN3O4. The number of methoxy groups -OCH3 is 1. The van der Waals surface area contributed by atoms with Gasteiger partial charge in [-0.05, 0) is 24.3 Å². The van der Waals surface area contributed by atoms with Gasteiger partial charge in [-0.3, -0.25) is 4.79 Å². The van der Waals surface area contributed by atoms with Gasteiger partial charge >= 0.3 is 5.97 Å². The summed E-state index contributed by atoms with van der Waals surface area (Å²) in [5.74, 6) is -0.190. The van der Waals surface area contributed by atoms with Crippen LogP contribution in [0.25, 0.3) is 11.5 Å². The number of halogens is 1. The number of hydrogen-bond acceptors (Lipinski definition) is 6. The lowest BCUT2D eigenvalue weighted by molar-refractivity contribution is -0.116. The van der Waals surface area contributed by atoms with E-state index in [4.69, 9.17) is 20.8 Å². The van der Waals surface area contributed by atoms with Crippen LogP contribution in [-0.4, -0.2) is 29.2 Å². The zero-order valence-electron chi connectivity index (χ0n) is 14.4. The SMILES string of the molecule is COC(=O)c1ccccc1NC(=O)CCc1nnc(-c2ccccc2Cl)o1. The standard InChI is InChI=1S/C19H16ClN3O4/c1-26-19(25)13-7-3-5-9-15(13)21-16(24)10-11-17-22-23-18(27-17)12-6-2-4-8-14(12)20/h2-9H,10-11H2,1H3,(H,21,24). The number of nitrogens with zero attached hydrogens (tertiary/aromatic N) is 2. The number of anilines is 1. The number of nitrogens with one attached hydrogen (secondary N) is 1. The molecule has 0 saturated carbocycles. The van der Waals surface area contributed by atoms with Crippen LogP contribution in [-0.2, 0) is 16.0 Å². The molecule has 3 rings (SSSR count). The first-order chi connectivity index (χ1) is 13.1. The molecule has 0 aliphatic heterocycles. The van der Waals surface area contributed by atoms with E-state index in [-0.39, 0.29) is 24.3 Å². The molecule has 1 amide bonds. The maximum atomic E-state index is 12.2. The van der Waals surface area contributed by atoms with Crippen LogP contribution in [0.15, 0.2) is 52.9 Å². The van der Waals surface area contributed by atoms with E-state index in [1.807, 2.05) is 6.07 Å². The second kappa shape index (κ2) is 8.46. The molecule has 0 radical (unpaired) electrons. The van der Waals surface area contributed by atoms with E-state index in [1.54, 1.807) is 42.5 Å². The summed E-state index contributed by atoms with van der Waals surface area (Å²) >= 11 is 6.11. The van der Waals surface area contributed by atoms with Crippen molar-refractivity contribution in [3.63, 3.8) is 0 Å². The molecule has 0 saturated heterocycles. The lowest BCUT2D eigenvalue weighted by atomic mass is 10.1. The Morgan fingerprint density at radius 3 is 2.63 bits per heavy atom. The van der Waals surface area contributed by atoms with E-state index in [9.17, 15) is 9.59 Å². The maximum Gasteiger partial charge on any atom is 0.339 e. The Morgan fingerprint density at radius 2 is 1.85 bits per heavy atom. The Kier molecular flexibility index (Phi) is 5.83. The van der Waals surface area contributed by atoms with Gasteiger partial charge in [-0.25, -0.2) is 4.79 Å². The predicted octanol–water partition coefficient (Wildman–Crippen LogP) is 3.75. The van der Waals surface area contributed by atoms with Gasteiger partial charge in [0.05, 0.1) is 28.9 Å². The third-order valence-corrected chi connectivity index (χ3v) is 4.07. The van der Waals surface area contributed by atoms with Crippen LogP contribution >= 0.6 is 11.6 Å². The second-order valence-corrected chi connectivity index (χ2v) is 5.97. The highest BCUT2D eigenvalue weighted by atomic mass is 35.5. The molecule has 7 nitrogen and oxygen atoms in total. The molecule has 1 heterocycles. The van der Waals surface area contributed by atoms with E-state index in [1.165, 1.54) is 7.11 Å². The highest BCUT2D eigenvalue weighted by Gasteiger charge is 2.15. The van der Waals surface area contributed by atoms with Gasteiger partial charge in [0.2, 0.25) is 17.7 Å². The van der Waals surface area contributed by atoms with Gasteiger partial charge in [0.25, 0.3) is 0 Å². The van der Waals surface area contributed by atoms with Crippen LogP contribution in [0.5, 0.6) is 0 Å². The van der Waals surface area contributed by atoms with Crippen molar-refractivity contribution in [3.8, 4) is 11.5 Å². The minimum absolute atomic E-state index is 0.111. The van der Waals surface area contributed by atoms with Crippen molar-refractivity contribution in [1.82, 2.24) is 10.2 Å². The van der Waals surface area contributed by atoms with Crippen molar-refractivity contribution in [2.75, 3.05) is 12.4 Å². The van der Waals surface area contributed by atoms with Crippen LogP contribution in [0.3, 0.4) is 0 Å². The smallest absolute Gasteiger partial charge is 0.339 e. The van der Waals surface area contributed by atoms with Gasteiger partial charge in [-0.15, -0.1) is 10.2 Å². The van der Waals surface area contributed by atoms with Crippen LogP contribution in [0.2, 0.25) is 5.02 Å². The summed E-state index contributed by atoms with van der Waals surface area (Å²) in [5, 5.41) is 11.1. The third-order valence-electron chi connectivity index (χ3n) is 3.74. The number of benzene rings is 2. The zero-order valence-corrected chi connectivity index (χ0v) is 15.2. The van der Waals surface area contributed by atoms with Gasteiger partial charge < -0.3 is 14.5 Å². The molecular weight excluding hydrogens is 370 g/mol. The normalized spacial score (nSPS) is 10.4. The van der Waals surface area contributed by atoms with Gasteiger partial charge in [-0.1, -0.05) is 35.9 Å². The summed E-state index contributed by atoms with van der Waals surface area (Å²) in [7, 11) is 1.28. The Labute approximate surface area is 160 Å². The molecule has 0 aliphatic carbocycles. The molecule has 0 spiro atoms. The van der Waals surface area contributed by atoms with Crippen molar-refractivity contribution >= 4 is 29.2 Å². The summed E-state index contributed by atoms with van der Waals surface area (Å²) in [6.45, 7) is 0. The minimum atomic E-state index is -0.521. The summed E-state index contributed by atoms with van der Waals surface area (Å²) in [6, 6.07) is 13.7. The fourth-order valence-electron chi connectivity index (χ4n) is 2.41. The summed E-state index contributed by atoms with van der Waals surface area (Å²) in [5.41, 5.74) is 1.30. The van der Waals surface area contributed by atoms with Crippen molar-refractivity contribution in [3.05, 3.63) is 65.0 Å². The summed E-state index contributed by atoms with van der Waals surface area (Å²) in [4.78, 5) is 23.9. The van der Waals surface area contributed by atoms with Crippen LogP contribution in [0.1, 0.15) is 22.7 Å². The van der Waals surface area contributed by atoms with Crippen molar-refractivity contribution in [1.29, 1.82) is 0 Å². The van der Waals surface area contributed by atoms with Crippen molar-refractivity contribution < 1.29 is 18.7 Å². The summed E-state index contributed by atoms with van der Waals surface area (Å²) < 4.78 is 10.3. The predicted molar refractivity (Wildman–Crippen MR) is 99.5 cm³/mol. The lowest BCUT2D eigenvalue weighted by Crippen LogP contribution is -2.15. The Hall–Kier alpha value is -3.19.